The van der Waals surface area contributed by atoms with Crippen molar-refractivity contribution in [2.24, 2.45) is 12.1 Å². The Bertz CT molecular complexity index is 859. The zero-order valence-electron chi connectivity index (χ0n) is 12.8. The second kappa shape index (κ2) is 6.00. The van der Waals surface area contributed by atoms with Crippen LogP contribution in [-0.4, -0.2) is 32.3 Å². The molecule has 0 unspecified atom stereocenters. The van der Waals surface area contributed by atoms with Gasteiger partial charge in [-0.2, -0.15) is 28.3 Å². The van der Waals surface area contributed by atoms with Crippen molar-refractivity contribution in [3.05, 3.63) is 36.2 Å². The van der Waals surface area contributed by atoms with E-state index in [0.29, 0.717) is 5.69 Å². The molecule has 1 aliphatic rings. The Balaban J connectivity index is 1.78. The molecule has 0 saturated carbocycles. The lowest BCUT2D eigenvalue weighted by atomic mass is 10.2. The third kappa shape index (κ3) is 3.34. The maximum absolute atomic E-state index is 12.6. The Labute approximate surface area is 138 Å². The molecule has 0 spiro atoms. The van der Waals surface area contributed by atoms with E-state index in [4.69, 9.17) is 0 Å². The van der Waals surface area contributed by atoms with Gasteiger partial charge in [0, 0.05) is 7.05 Å². The van der Waals surface area contributed by atoms with Gasteiger partial charge in [0.15, 0.2) is 0 Å². The van der Waals surface area contributed by atoms with Gasteiger partial charge in [-0.05, 0) is 12.1 Å². The Kier molecular flexibility index (Phi) is 3.99. The standard InChI is InChI=1S/C14H11F3N6O2/c1-22-13(19-12(21-22)14(15,16)17)18-11(25)9-7-10(24)23(20-9)8-5-3-2-4-6-8/h2-6H,7H2,1H3,(H,18,19,21,25). The van der Waals surface area contributed by atoms with E-state index in [2.05, 4.69) is 20.5 Å². The van der Waals surface area contributed by atoms with Gasteiger partial charge in [-0.15, -0.1) is 5.10 Å². The van der Waals surface area contributed by atoms with Crippen molar-refractivity contribution in [3.8, 4) is 0 Å². The smallest absolute Gasteiger partial charge is 0.289 e. The summed E-state index contributed by atoms with van der Waals surface area (Å²) in [5.41, 5.74) is 0.346. The van der Waals surface area contributed by atoms with Crippen LogP contribution in [0.1, 0.15) is 12.2 Å². The third-order valence-electron chi connectivity index (χ3n) is 3.28. The molecular weight excluding hydrogens is 341 g/mol. The number of halogens is 3. The van der Waals surface area contributed by atoms with Crippen molar-refractivity contribution in [2.75, 3.05) is 10.3 Å². The van der Waals surface area contributed by atoms with Gasteiger partial charge in [-0.3, -0.25) is 14.9 Å². The number of carbonyl (C=O) groups is 2. The maximum atomic E-state index is 12.6. The van der Waals surface area contributed by atoms with Crippen LogP contribution in [0, 0.1) is 0 Å². The number of alkyl halides is 3. The summed E-state index contributed by atoms with van der Waals surface area (Å²) >= 11 is 0. The van der Waals surface area contributed by atoms with E-state index in [1.807, 2.05) is 0 Å². The lowest BCUT2D eigenvalue weighted by Crippen LogP contribution is -2.24. The molecular formula is C14H11F3N6O2. The Morgan fingerprint density at radius 1 is 1.24 bits per heavy atom. The minimum Gasteiger partial charge on any atom is -0.289 e. The SMILES string of the molecule is Cn1nc(C(F)(F)F)nc1NC(=O)C1=NN(c2ccccc2)C(=O)C1. The van der Waals surface area contributed by atoms with Crippen molar-refractivity contribution in [1.29, 1.82) is 0 Å². The van der Waals surface area contributed by atoms with Gasteiger partial charge in [0.1, 0.15) is 5.71 Å². The van der Waals surface area contributed by atoms with Crippen LogP contribution < -0.4 is 10.3 Å². The first kappa shape index (κ1) is 16.6. The molecule has 0 aliphatic carbocycles. The molecule has 0 fully saturated rings. The summed E-state index contributed by atoms with van der Waals surface area (Å²) in [5, 5.41) is 10.4. The number of para-hydroxylation sites is 1. The number of anilines is 2. The zero-order valence-corrected chi connectivity index (χ0v) is 12.8. The number of benzene rings is 1. The van der Waals surface area contributed by atoms with Crippen molar-refractivity contribution in [1.82, 2.24) is 14.8 Å². The molecule has 8 nitrogen and oxygen atoms in total. The predicted molar refractivity (Wildman–Crippen MR) is 80.6 cm³/mol. The fraction of sp³-hybridized carbons (Fsp3) is 0.214. The monoisotopic (exact) mass is 352 g/mol. The van der Waals surface area contributed by atoms with Gasteiger partial charge in [0.05, 0.1) is 12.1 Å². The van der Waals surface area contributed by atoms with Gasteiger partial charge in [0.2, 0.25) is 5.95 Å². The van der Waals surface area contributed by atoms with Crippen molar-refractivity contribution < 1.29 is 22.8 Å². The summed E-state index contributed by atoms with van der Waals surface area (Å²) in [7, 11) is 1.20. The van der Waals surface area contributed by atoms with E-state index in [9.17, 15) is 22.8 Å². The van der Waals surface area contributed by atoms with Crippen molar-refractivity contribution in [2.45, 2.75) is 12.6 Å². The summed E-state index contributed by atoms with van der Waals surface area (Å²) < 4.78 is 38.5. The summed E-state index contributed by atoms with van der Waals surface area (Å²) in [6.07, 6.45) is -5.00. The zero-order chi connectivity index (χ0) is 18.2. The van der Waals surface area contributed by atoms with Crippen LogP contribution in [0.3, 0.4) is 0 Å². The quantitative estimate of drug-likeness (QED) is 0.907. The highest BCUT2D eigenvalue weighted by Crippen LogP contribution is 2.27. The Morgan fingerprint density at radius 2 is 1.92 bits per heavy atom. The highest BCUT2D eigenvalue weighted by molar-refractivity contribution is 6.47. The van der Waals surface area contributed by atoms with Gasteiger partial charge in [-0.25, -0.2) is 4.68 Å². The molecule has 2 heterocycles. The largest absolute Gasteiger partial charge is 0.453 e. The molecule has 0 atom stereocenters. The van der Waals surface area contributed by atoms with Gasteiger partial charge >= 0.3 is 6.18 Å². The fourth-order valence-corrected chi connectivity index (χ4v) is 2.11. The second-order valence-electron chi connectivity index (χ2n) is 5.10. The number of hydrogen-bond acceptors (Lipinski definition) is 5. The van der Waals surface area contributed by atoms with Crippen LogP contribution in [0.25, 0.3) is 0 Å². The summed E-state index contributed by atoms with van der Waals surface area (Å²) in [4.78, 5) is 27.4. The molecule has 1 aromatic carbocycles. The predicted octanol–water partition coefficient (Wildman–Crippen LogP) is 1.57. The van der Waals surface area contributed by atoms with Gasteiger partial charge < -0.3 is 0 Å². The van der Waals surface area contributed by atoms with Crippen LogP contribution in [0.5, 0.6) is 0 Å². The molecule has 130 valence electrons. The number of aryl methyl sites for hydroxylation is 1. The lowest BCUT2D eigenvalue weighted by Gasteiger charge is -2.10. The second-order valence-corrected chi connectivity index (χ2v) is 5.10. The molecule has 1 aromatic heterocycles. The molecule has 0 saturated heterocycles. The summed E-state index contributed by atoms with van der Waals surface area (Å²) in [6, 6.07) is 8.44. The van der Waals surface area contributed by atoms with Crippen LogP contribution >= 0.6 is 0 Å². The first-order chi connectivity index (χ1) is 11.8. The normalized spacial score (nSPS) is 14.6. The number of rotatable bonds is 3. The van der Waals surface area contributed by atoms with E-state index in [1.165, 1.54) is 7.05 Å². The number of hydrazone groups is 1. The van der Waals surface area contributed by atoms with Crippen molar-refractivity contribution in [3.63, 3.8) is 0 Å². The average Bonchev–Trinajstić information content (AvgIpc) is 3.12. The van der Waals surface area contributed by atoms with Crippen molar-refractivity contribution >= 4 is 29.2 Å². The molecule has 1 aliphatic heterocycles. The van der Waals surface area contributed by atoms with Crippen LogP contribution in [0.4, 0.5) is 24.8 Å². The van der Waals surface area contributed by atoms with E-state index in [1.54, 1.807) is 30.3 Å². The molecule has 2 amide bonds. The summed E-state index contributed by atoms with van der Waals surface area (Å²) in [6.45, 7) is 0. The van der Waals surface area contributed by atoms with E-state index in [0.717, 1.165) is 9.69 Å². The average molecular weight is 352 g/mol. The highest BCUT2D eigenvalue weighted by atomic mass is 19.4. The van der Waals surface area contributed by atoms with Crippen LogP contribution in [0.2, 0.25) is 0 Å². The minimum atomic E-state index is -4.73. The first-order valence-electron chi connectivity index (χ1n) is 7.01. The van der Waals surface area contributed by atoms with Gasteiger partial charge in [-0.1, -0.05) is 18.2 Å². The van der Waals surface area contributed by atoms with Crippen LogP contribution in [-0.2, 0) is 22.8 Å². The number of carbonyl (C=O) groups excluding carboxylic acids is 2. The topological polar surface area (TPSA) is 92.5 Å². The van der Waals surface area contributed by atoms with Gasteiger partial charge in [0.25, 0.3) is 17.6 Å². The molecule has 0 bridgehead atoms. The summed E-state index contributed by atoms with van der Waals surface area (Å²) in [5.74, 6) is -3.02. The van der Waals surface area contributed by atoms with E-state index >= 15 is 0 Å². The molecule has 1 N–H and O–H groups in total. The molecule has 3 rings (SSSR count). The molecule has 11 heteroatoms. The molecule has 25 heavy (non-hydrogen) atoms. The number of nitrogens with zero attached hydrogens (tertiary/aromatic N) is 5. The van der Waals surface area contributed by atoms with E-state index in [-0.39, 0.29) is 12.1 Å². The third-order valence-corrected chi connectivity index (χ3v) is 3.28. The number of aromatic nitrogens is 3. The Hall–Kier alpha value is -3.24. The first-order valence-corrected chi connectivity index (χ1v) is 7.01. The fourth-order valence-electron chi connectivity index (χ4n) is 2.11. The molecule has 0 radical (unpaired) electrons. The molecule has 2 aromatic rings. The number of hydrogen-bond donors (Lipinski definition) is 1. The number of amides is 2. The van der Waals surface area contributed by atoms with Crippen LogP contribution in [0.15, 0.2) is 35.4 Å². The Morgan fingerprint density at radius 3 is 2.52 bits per heavy atom. The lowest BCUT2D eigenvalue weighted by molar-refractivity contribution is -0.145. The maximum Gasteiger partial charge on any atom is 0.453 e. The van der Waals surface area contributed by atoms with E-state index < -0.39 is 29.8 Å². The minimum absolute atomic E-state index is 0.134. The highest BCUT2D eigenvalue weighted by Gasteiger charge is 2.37. The number of nitrogens with one attached hydrogen (secondary N) is 1.